The molecule has 1 aliphatic rings. The molecule has 2 rings (SSSR count). The van der Waals surface area contributed by atoms with Crippen LogP contribution in [-0.4, -0.2) is 30.8 Å². The molecular formula is C14H20N2O2. The Labute approximate surface area is 108 Å². The molecule has 98 valence electrons. The standard InChI is InChI=1S/C14H20N2O2/c17-14(16-9-5-2-6-10-16)18-12-15-11-13-7-3-1-4-8-13/h1,3-4,7-8,15H,2,5-6,9-12H2. The maximum Gasteiger partial charge on any atom is 0.411 e. The van der Waals surface area contributed by atoms with Crippen molar-refractivity contribution < 1.29 is 9.53 Å². The fourth-order valence-corrected chi connectivity index (χ4v) is 2.07. The summed E-state index contributed by atoms with van der Waals surface area (Å²) in [6.07, 6.45) is 3.20. The molecule has 1 heterocycles. The van der Waals surface area contributed by atoms with E-state index in [-0.39, 0.29) is 12.8 Å². The van der Waals surface area contributed by atoms with Crippen molar-refractivity contribution in [2.45, 2.75) is 25.8 Å². The number of carbonyl (C=O) groups excluding carboxylic acids is 1. The van der Waals surface area contributed by atoms with E-state index >= 15 is 0 Å². The van der Waals surface area contributed by atoms with Gasteiger partial charge in [0.2, 0.25) is 0 Å². The van der Waals surface area contributed by atoms with Gasteiger partial charge in [-0.05, 0) is 24.8 Å². The molecule has 0 saturated carbocycles. The highest BCUT2D eigenvalue weighted by molar-refractivity contribution is 5.67. The van der Waals surface area contributed by atoms with Gasteiger partial charge in [0.05, 0.1) is 0 Å². The van der Waals surface area contributed by atoms with Gasteiger partial charge in [0.25, 0.3) is 0 Å². The zero-order chi connectivity index (χ0) is 12.6. The molecule has 18 heavy (non-hydrogen) atoms. The smallest absolute Gasteiger partial charge is 0.411 e. The van der Waals surface area contributed by atoms with Gasteiger partial charge in [0, 0.05) is 19.6 Å². The van der Waals surface area contributed by atoms with E-state index in [2.05, 4.69) is 5.32 Å². The monoisotopic (exact) mass is 248 g/mol. The van der Waals surface area contributed by atoms with Crippen molar-refractivity contribution >= 4 is 6.09 Å². The lowest BCUT2D eigenvalue weighted by molar-refractivity contribution is 0.0880. The van der Waals surface area contributed by atoms with E-state index in [1.54, 1.807) is 4.90 Å². The normalized spacial score (nSPS) is 15.4. The van der Waals surface area contributed by atoms with Gasteiger partial charge in [-0.3, -0.25) is 5.32 Å². The van der Waals surface area contributed by atoms with E-state index in [1.807, 2.05) is 30.3 Å². The number of ether oxygens (including phenoxy) is 1. The third-order valence-electron chi connectivity index (χ3n) is 3.08. The van der Waals surface area contributed by atoms with Gasteiger partial charge in [-0.15, -0.1) is 0 Å². The van der Waals surface area contributed by atoms with Gasteiger partial charge in [-0.25, -0.2) is 4.79 Å². The second-order valence-electron chi connectivity index (χ2n) is 4.51. The molecule has 0 radical (unpaired) electrons. The molecular weight excluding hydrogens is 228 g/mol. The van der Waals surface area contributed by atoms with E-state index in [0.29, 0.717) is 6.54 Å². The number of amides is 1. The van der Waals surface area contributed by atoms with Crippen molar-refractivity contribution in [3.63, 3.8) is 0 Å². The molecule has 0 unspecified atom stereocenters. The van der Waals surface area contributed by atoms with Gasteiger partial charge >= 0.3 is 6.09 Å². The summed E-state index contributed by atoms with van der Waals surface area (Å²) >= 11 is 0. The van der Waals surface area contributed by atoms with Crippen LogP contribution in [0.4, 0.5) is 4.79 Å². The van der Waals surface area contributed by atoms with E-state index in [9.17, 15) is 4.79 Å². The zero-order valence-corrected chi connectivity index (χ0v) is 10.6. The zero-order valence-electron chi connectivity index (χ0n) is 10.6. The van der Waals surface area contributed by atoms with Crippen molar-refractivity contribution in [2.24, 2.45) is 0 Å². The molecule has 0 atom stereocenters. The number of nitrogens with one attached hydrogen (secondary N) is 1. The quantitative estimate of drug-likeness (QED) is 0.657. The third-order valence-corrected chi connectivity index (χ3v) is 3.08. The van der Waals surface area contributed by atoms with Crippen molar-refractivity contribution in [1.82, 2.24) is 10.2 Å². The molecule has 1 N–H and O–H groups in total. The average Bonchev–Trinajstić information content (AvgIpc) is 2.45. The Kier molecular flexibility index (Phi) is 5.02. The second kappa shape index (κ2) is 7.01. The van der Waals surface area contributed by atoms with Crippen molar-refractivity contribution in [2.75, 3.05) is 19.8 Å². The van der Waals surface area contributed by atoms with E-state index in [0.717, 1.165) is 25.9 Å². The lowest BCUT2D eigenvalue weighted by Gasteiger charge is -2.25. The Morgan fingerprint density at radius 3 is 2.61 bits per heavy atom. The number of piperidine rings is 1. The highest BCUT2D eigenvalue weighted by Gasteiger charge is 2.16. The van der Waals surface area contributed by atoms with Gasteiger partial charge < -0.3 is 9.64 Å². The van der Waals surface area contributed by atoms with Crippen LogP contribution < -0.4 is 5.32 Å². The van der Waals surface area contributed by atoms with Crippen LogP contribution in [-0.2, 0) is 11.3 Å². The van der Waals surface area contributed by atoms with Gasteiger partial charge in [0.1, 0.15) is 6.73 Å². The second-order valence-corrected chi connectivity index (χ2v) is 4.51. The lowest BCUT2D eigenvalue weighted by Crippen LogP contribution is -2.37. The molecule has 0 aromatic heterocycles. The molecule has 1 aromatic rings. The van der Waals surface area contributed by atoms with Crippen LogP contribution in [0.3, 0.4) is 0 Å². The Morgan fingerprint density at radius 1 is 1.17 bits per heavy atom. The minimum absolute atomic E-state index is 0.199. The molecule has 1 saturated heterocycles. The lowest BCUT2D eigenvalue weighted by atomic mass is 10.1. The topological polar surface area (TPSA) is 41.6 Å². The van der Waals surface area contributed by atoms with Crippen molar-refractivity contribution in [3.05, 3.63) is 35.9 Å². The largest absolute Gasteiger partial charge is 0.433 e. The number of hydrogen-bond donors (Lipinski definition) is 1. The van der Waals surface area contributed by atoms with Gasteiger partial charge in [-0.1, -0.05) is 30.3 Å². The molecule has 0 aliphatic carbocycles. The Bertz CT molecular complexity index is 361. The third kappa shape index (κ3) is 4.04. The van der Waals surface area contributed by atoms with Crippen LogP contribution in [0.25, 0.3) is 0 Å². The van der Waals surface area contributed by atoms with Crippen molar-refractivity contribution in [3.8, 4) is 0 Å². The first kappa shape index (κ1) is 12.9. The maximum absolute atomic E-state index is 11.7. The first-order valence-corrected chi connectivity index (χ1v) is 6.52. The number of likely N-dealkylation sites (tertiary alicyclic amines) is 1. The first-order chi connectivity index (χ1) is 8.86. The van der Waals surface area contributed by atoms with Crippen LogP contribution in [0.5, 0.6) is 0 Å². The Hall–Kier alpha value is -1.55. The Balaban J connectivity index is 1.61. The predicted molar refractivity (Wildman–Crippen MR) is 70.1 cm³/mol. The molecule has 4 nitrogen and oxygen atoms in total. The summed E-state index contributed by atoms with van der Waals surface area (Å²) in [6, 6.07) is 10.1. The highest BCUT2D eigenvalue weighted by atomic mass is 16.6. The van der Waals surface area contributed by atoms with Gasteiger partial charge in [0.15, 0.2) is 0 Å². The summed E-state index contributed by atoms with van der Waals surface area (Å²) < 4.78 is 5.18. The summed E-state index contributed by atoms with van der Waals surface area (Å²) in [7, 11) is 0. The SMILES string of the molecule is O=C(OCNCc1ccccc1)N1CCCCC1. The van der Waals surface area contributed by atoms with Crippen LogP contribution in [0.15, 0.2) is 30.3 Å². The fraction of sp³-hybridized carbons (Fsp3) is 0.500. The molecule has 1 amide bonds. The molecule has 4 heteroatoms. The van der Waals surface area contributed by atoms with E-state index in [4.69, 9.17) is 4.74 Å². The average molecular weight is 248 g/mol. The van der Waals surface area contributed by atoms with Crippen LogP contribution >= 0.6 is 0 Å². The summed E-state index contributed by atoms with van der Waals surface area (Å²) in [5.41, 5.74) is 1.19. The number of rotatable bonds is 4. The van der Waals surface area contributed by atoms with Gasteiger partial charge in [-0.2, -0.15) is 0 Å². The number of hydrogen-bond acceptors (Lipinski definition) is 3. The van der Waals surface area contributed by atoms with E-state index in [1.165, 1.54) is 12.0 Å². The van der Waals surface area contributed by atoms with Crippen LogP contribution in [0, 0.1) is 0 Å². The van der Waals surface area contributed by atoms with E-state index < -0.39 is 0 Å². The maximum atomic E-state index is 11.7. The first-order valence-electron chi connectivity index (χ1n) is 6.52. The minimum Gasteiger partial charge on any atom is -0.433 e. The van der Waals surface area contributed by atoms with Crippen LogP contribution in [0.1, 0.15) is 24.8 Å². The molecule has 1 aliphatic heterocycles. The summed E-state index contributed by atoms with van der Waals surface area (Å²) in [6.45, 7) is 2.65. The van der Waals surface area contributed by atoms with Crippen LogP contribution in [0.2, 0.25) is 0 Å². The Morgan fingerprint density at radius 2 is 1.89 bits per heavy atom. The number of benzene rings is 1. The highest BCUT2D eigenvalue weighted by Crippen LogP contribution is 2.09. The predicted octanol–water partition coefficient (Wildman–Crippen LogP) is 2.36. The molecule has 0 bridgehead atoms. The number of carbonyl (C=O) groups is 1. The summed E-state index contributed by atoms with van der Waals surface area (Å²) in [5, 5.41) is 3.10. The number of nitrogens with zero attached hydrogens (tertiary/aromatic N) is 1. The van der Waals surface area contributed by atoms with Crippen molar-refractivity contribution in [1.29, 1.82) is 0 Å². The fourth-order valence-electron chi connectivity index (χ4n) is 2.07. The molecule has 1 fully saturated rings. The minimum atomic E-state index is -0.199. The molecule has 0 spiro atoms. The summed E-state index contributed by atoms with van der Waals surface area (Å²) in [4.78, 5) is 13.5. The molecule has 1 aromatic carbocycles. The summed E-state index contributed by atoms with van der Waals surface area (Å²) in [5.74, 6) is 0.